The molecule has 18 heavy (non-hydrogen) atoms. The molecule has 2 rings (SSSR count). The summed E-state index contributed by atoms with van der Waals surface area (Å²) in [6, 6.07) is 9.25. The van der Waals surface area contributed by atoms with E-state index in [0.29, 0.717) is 0 Å². The standard InChI is InChI=1S/C15H22BrNO/c1-18-15-8-6-13(7-9-15)12-17-11-3-5-14(17)4-2-10-16/h6-9,14H,2-5,10-12H2,1H3. The molecule has 1 aromatic rings. The number of likely N-dealkylation sites (tertiary alicyclic amines) is 1. The Hall–Kier alpha value is -0.540. The van der Waals surface area contributed by atoms with Crippen LogP contribution in [0.15, 0.2) is 24.3 Å². The summed E-state index contributed by atoms with van der Waals surface area (Å²) < 4.78 is 5.19. The summed E-state index contributed by atoms with van der Waals surface area (Å²) in [6.07, 6.45) is 5.32. The van der Waals surface area contributed by atoms with Gasteiger partial charge in [0, 0.05) is 17.9 Å². The predicted molar refractivity (Wildman–Crippen MR) is 79.5 cm³/mol. The average Bonchev–Trinajstić information content (AvgIpc) is 2.84. The molecule has 1 aliphatic heterocycles. The minimum atomic E-state index is 0.782. The van der Waals surface area contributed by atoms with Crippen LogP contribution in [0.2, 0.25) is 0 Å². The lowest BCUT2D eigenvalue weighted by atomic mass is 10.1. The van der Waals surface area contributed by atoms with Gasteiger partial charge in [0.25, 0.3) is 0 Å². The molecule has 1 atom stereocenters. The van der Waals surface area contributed by atoms with Crippen molar-refractivity contribution in [3.8, 4) is 5.75 Å². The number of nitrogens with zero attached hydrogens (tertiary/aromatic N) is 1. The smallest absolute Gasteiger partial charge is 0.118 e. The minimum Gasteiger partial charge on any atom is -0.497 e. The Balaban J connectivity index is 1.90. The van der Waals surface area contributed by atoms with E-state index in [9.17, 15) is 0 Å². The number of hydrogen-bond acceptors (Lipinski definition) is 2. The number of halogens is 1. The molecule has 1 saturated heterocycles. The van der Waals surface area contributed by atoms with Crippen LogP contribution < -0.4 is 4.74 Å². The average molecular weight is 312 g/mol. The van der Waals surface area contributed by atoms with Crippen molar-refractivity contribution < 1.29 is 4.74 Å². The van der Waals surface area contributed by atoms with Crippen LogP contribution >= 0.6 is 15.9 Å². The summed E-state index contributed by atoms with van der Waals surface area (Å²) >= 11 is 3.53. The molecular formula is C15H22BrNO. The molecule has 0 amide bonds. The van der Waals surface area contributed by atoms with Gasteiger partial charge in [0.2, 0.25) is 0 Å². The molecule has 0 N–H and O–H groups in total. The Kier molecular flexibility index (Phi) is 5.51. The molecular weight excluding hydrogens is 290 g/mol. The summed E-state index contributed by atoms with van der Waals surface area (Å²) in [5, 5.41) is 1.12. The van der Waals surface area contributed by atoms with Crippen molar-refractivity contribution in [2.24, 2.45) is 0 Å². The fourth-order valence-electron chi connectivity index (χ4n) is 2.71. The summed E-state index contributed by atoms with van der Waals surface area (Å²) in [5.41, 5.74) is 1.39. The summed E-state index contributed by atoms with van der Waals surface area (Å²) in [5.74, 6) is 0.941. The molecule has 1 unspecified atom stereocenters. The van der Waals surface area contributed by atoms with E-state index >= 15 is 0 Å². The van der Waals surface area contributed by atoms with Gasteiger partial charge in [-0.15, -0.1) is 0 Å². The summed E-state index contributed by atoms with van der Waals surface area (Å²) in [6.45, 7) is 2.33. The van der Waals surface area contributed by atoms with E-state index in [2.05, 4.69) is 45.1 Å². The molecule has 3 heteroatoms. The number of hydrogen-bond donors (Lipinski definition) is 0. The predicted octanol–water partition coefficient (Wildman–Crippen LogP) is 3.83. The SMILES string of the molecule is COc1ccc(CN2CCCC2CCCBr)cc1. The van der Waals surface area contributed by atoms with E-state index in [4.69, 9.17) is 4.74 Å². The van der Waals surface area contributed by atoms with Gasteiger partial charge in [-0.3, -0.25) is 4.90 Å². The first kappa shape index (κ1) is 13.9. The van der Waals surface area contributed by atoms with Crippen LogP contribution in [0, 0.1) is 0 Å². The van der Waals surface area contributed by atoms with Gasteiger partial charge in [-0.1, -0.05) is 28.1 Å². The second-order valence-electron chi connectivity index (χ2n) is 4.95. The van der Waals surface area contributed by atoms with Gasteiger partial charge in [0.05, 0.1) is 7.11 Å². The monoisotopic (exact) mass is 311 g/mol. The van der Waals surface area contributed by atoms with Crippen LogP contribution in [-0.2, 0) is 6.54 Å². The highest BCUT2D eigenvalue weighted by atomic mass is 79.9. The Morgan fingerprint density at radius 2 is 2.11 bits per heavy atom. The van der Waals surface area contributed by atoms with Crippen molar-refractivity contribution in [2.45, 2.75) is 38.3 Å². The van der Waals surface area contributed by atoms with E-state index in [-0.39, 0.29) is 0 Å². The molecule has 1 heterocycles. The Morgan fingerprint density at radius 1 is 1.33 bits per heavy atom. The first-order valence-corrected chi connectivity index (χ1v) is 7.88. The first-order chi connectivity index (χ1) is 8.83. The lowest BCUT2D eigenvalue weighted by Gasteiger charge is -2.24. The zero-order valence-corrected chi connectivity index (χ0v) is 12.7. The van der Waals surface area contributed by atoms with E-state index < -0.39 is 0 Å². The maximum absolute atomic E-state index is 5.19. The van der Waals surface area contributed by atoms with Crippen LogP contribution in [0.25, 0.3) is 0 Å². The van der Waals surface area contributed by atoms with E-state index in [1.54, 1.807) is 7.11 Å². The lowest BCUT2D eigenvalue weighted by molar-refractivity contribution is 0.234. The van der Waals surface area contributed by atoms with Gasteiger partial charge in [-0.2, -0.15) is 0 Å². The fraction of sp³-hybridized carbons (Fsp3) is 0.600. The lowest BCUT2D eigenvalue weighted by Crippen LogP contribution is -2.28. The highest BCUT2D eigenvalue weighted by molar-refractivity contribution is 9.09. The van der Waals surface area contributed by atoms with Gasteiger partial charge in [-0.25, -0.2) is 0 Å². The third kappa shape index (κ3) is 3.72. The zero-order chi connectivity index (χ0) is 12.8. The molecule has 0 bridgehead atoms. The molecule has 1 fully saturated rings. The van der Waals surface area contributed by atoms with Crippen molar-refractivity contribution in [3.05, 3.63) is 29.8 Å². The molecule has 0 spiro atoms. The number of benzene rings is 1. The van der Waals surface area contributed by atoms with E-state index in [1.165, 1.54) is 37.8 Å². The highest BCUT2D eigenvalue weighted by Crippen LogP contribution is 2.24. The van der Waals surface area contributed by atoms with Crippen LogP contribution in [-0.4, -0.2) is 29.9 Å². The molecule has 0 radical (unpaired) electrons. The molecule has 0 aliphatic carbocycles. The molecule has 1 aromatic carbocycles. The van der Waals surface area contributed by atoms with Crippen molar-refractivity contribution in [1.82, 2.24) is 4.90 Å². The van der Waals surface area contributed by atoms with Gasteiger partial charge in [0.1, 0.15) is 5.75 Å². The van der Waals surface area contributed by atoms with Crippen LogP contribution in [0.1, 0.15) is 31.2 Å². The normalized spacial score (nSPS) is 20.2. The molecule has 0 aromatic heterocycles. The van der Waals surface area contributed by atoms with Crippen molar-refractivity contribution in [3.63, 3.8) is 0 Å². The number of rotatable bonds is 6. The second-order valence-corrected chi connectivity index (χ2v) is 5.74. The van der Waals surface area contributed by atoms with Crippen molar-refractivity contribution >= 4 is 15.9 Å². The minimum absolute atomic E-state index is 0.782. The van der Waals surface area contributed by atoms with Crippen LogP contribution in [0.4, 0.5) is 0 Å². The van der Waals surface area contributed by atoms with E-state index in [1.807, 2.05) is 0 Å². The van der Waals surface area contributed by atoms with Gasteiger partial charge >= 0.3 is 0 Å². The van der Waals surface area contributed by atoms with Crippen LogP contribution in [0.3, 0.4) is 0 Å². The molecule has 1 aliphatic rings. The summed E-state index contributed by atoms with van der Waals surface area (Å²) in [7, 11) is 1.71. The van der Waals surface area contributed by atoms with Gasteiger partial charge < -0.3 is 4.74 Å². The quantitative estimate of drug-likeness (QED) is 0.740. The van der Waals surface area contributed by atoms with Gasteiger partial charge in [-0.05, 0) is 49.9 Å². The number of ether oxygens (including phenoxy) is 1. The summed E-state index contributed by atoms with van der Waals surface area (Å²) in [4.78, 5) is 2.63. The maximum atomic E-state index is 5.19. The molecule has 2 nitrogen and oxygen atoms in total. The third-order valence-corrected chi connectivity index (χ3v) is 4.28. The Labute approximate surface area is 118 Å². The second kappa shape index (κ2) is 7.15. The fourth-order valence-corrected chi connectivity index (χ4v) is 3.03. The van der Waals surface area contributed by atoms with E-state index in [0.717, 1.165) is 23.7 Å². The van der Waals surface area contributed by atoms with Crippen molar-refractivity contribution in [2.75, 3.05) is 19.0 Å². The highest BCUT2D eigenvalue weighted by Gasteiger charge is 2.23. The first-order valence-electron chi connectivity index (χ1n) is 6.76. The Morgan fingerprint density at radius 3 is 2.78 bits per heavy atom. The molecule has 100 valence electrons. The largest absolute Gasteiger partial charge is 0.497 e. The number of alkyl halides is 1. The van der Waals surface area contributed by atoms with Crippen molar-refractivity contribution in [1.29, 1.82) is 0 Å². The third-order valence-electron chi connectivity index (χ3n) is 3.71. The number of methoxy groups -OCH3 is 1. The van der Waals surface area contributed by atoms with Gasteiger partial charge in [0.15, 0.2) is 0 Å². The molecule has 0 saturated carbocycles. The zero-order valence-electron chi connectivity index (χ0n) is 11.1. The topological polar surface area (TPSA) is 12.5 Å². The Bertz CT molecular complexity index is 352. The van der Waals surface area contributed by atoms with Crippen LogP contribution in [0.5, 0.6) is 5.75 Å². The maximum Gasteiger partial charge on any atom is 0.118 e.